The quantitative estimate of drug-likeness (QED) is 0.531. The van der Waals surface area contributed by atoms with Crippen molar-refractivity contribution in [1.82, 2.24) is 0 Å². The predicted octanol–water partition coefficient (Wildman–Crippen LogP) is 1.99. The fraction of sp³-hybridized carbons (Fsp3) is 0.300. The molecule has 0 radical (unpaired) electrons. The van der Waals surface area contributed by atoms with Crippen LogP contribution < -0.4 is 0 Å². The van der Waals surface area contributed by atoms with Crippen LogP contribution in [0.4, 0.5) is 0 Å². The highest BCUT2D eigenvalue weighted by atomic mass is 16.3. The van der Waals surface area contributed by atoms with Crippen LogP contribution in [0.1, 0.15) is 68.8 Å². The molecule has 26 heavy (non-hydrogen) atoms. The number of ketones is 2. The van der Waals surface area contributed by atoms with Gasteiger partial charge >= 0.3 is 0 Å². The summed E-state index contributed by atoms with van der Waals surface area (Å²) in [5.41, 5.74) is -0.813. The van der Waals surface area contributed by atoms with E-state index in [0.29, 0.717) is 12.0 Å². The number of aliphatic hydroxyl groups excluding tert-OH is 1. The molecule has 2 aromatic rings. The van der Waals surface area contributed by atoms with Gasteiger partial charge in [0, 0.05) is 29.5 Å². The maximum atomic E-state index is 12.9. The maximum absolute atomic E-state index is 12.9. The summed E-state index contributed by atoms with van der Waals surface area (Å²) in [6.07, 6.45) is -0.514. The second-order valence-corrected chi connectivity index (χ2v) is 7.05. The Balaban J connectivity index is 1.99. The van der Waals surface area contributed by atoms with Crippen molar-refractivity contribution in [2.45, 2.75) is 37.9 Å². The highest BCUT2D eigenvalue weighted by Gasteiger charge is 2.42. The Bertz CT molecular complexity index is 977. The molecule has 2 atom stereocenters. The van der Waals surface area contributed by atoms with Crippen LogP contribution in [0.15, 0.2) is 24.3 Å². The Morgan fingerprint density at radius 3 is 2.50 bits per heavy atom. The van der Waals surface area contributed by atoms with E-state index < -0.39 is 23.3 Å². The van der Waals surface area contributed by atoms with Crippen LogP contribution in [0.2, 0.25) is 0 Å². The Kier molecular flexibility index (Phi) is 3.48. The molecule has 6 heteroatoms. The van der Waals surface area contributed by atoms with Crippen molar-refractivity contribution in [3.8, 4) is 11.5 Å². The lowest BCUT2D eigenvalue weighted by atomic mass is 9.73. The second kappa shape index (κ2) is 5.40. The smallest absolute Gasteiger partial charge is 0.198 e. The summed E-state index contributed by atoms with van der Waals surface area (Å²) in [6, 6.07) is 5.61. The minimum atomic E-state index is -1.18. The summed E-state index contributed by atoms with van der Waals surface area (Å²) in [5.74, 6) is -1.82. The number of fused-ring (bicyclic) bond motifs is 3. The van der Waals surface area contributed by atoms with Gasteiger partial charge in [-0.1, -0.05) is 19.1 Å². The van der Waals surface area contributed by atoms with E-state index in [9.17, 15) is 30.0 Å². The number of benzene rings is 2. The Morgan fingerprint density at radius 1 is 1.12 bits per heavy atom. The molecule has 2 unspecified atom stereocenters. The largest absolute Gasteiger partial charge is 0.507 e. The average molecular weight is 354 g/mol. The van der Waals surface area contributed by atoms with Gasteiger partial charge in [0.1, 0.15) is 11.5 Å². The molecule has 2 aliphatic carbocycles. The van der Waals surface area contributed by atoms with E-state index in [2.05, 4.69) is 0 Å². The van der Waals surface area contributed by atoms with Gasteiger partial charge in [0.15, 0.2) is 11.6 Å². The molecule has 4 rings (SSSR count). The number of rotatable bonds is 1. The Hall–Kier alpha value is -2.70. The van der Waals surface area contributed by atoms with Crippen molar-refractivity contribution in [3.63, 3.8) is 0 Å². The Labute approximate surface area is 149 Å². The fourth-order valence-corrected chi connectivity index (χ4v) is 4.00. The minimum Gasteiger partial charge on any atom is -0.507 e. The van der Waals surface area contributed by atoms with Crippen LogP contribution >= 0.6 is 0 Å². The fourth-order valence-electron chi connectivity index (χ4n) is 4.00. The van der Waals surface area contributed by atoms with E-state index in [-0.39, 0.29) is 52.2 Å². The summed E-state index contributed by atoms with van der Waals surface area (Å²) >= 11 is 0. The number of hydrogen-bond acceptors (Lipinski definition) is 6. The van der Waals surface area contributed by atoms with Gasteiger partial charge in [-0.05, 0) is 24.1 Å². The SMILES string of the molecule is CCC1(O)Cc2c(cc3c(c2O)C(=O)c2cccc(O)c2C3=O)C(O)C1. The van der Waals surface area contributed by atoms with Gasteiger partial charge in [-0.3, -0.25) is 9.59 Å². The van der Waals surface area contributed by atoms with Gasteiger partial charge < -0.3 is 20.4 Å². The normalized spacial score (nSPS) is 24.0. The molecule has 2 aromatic carbocycles. The monoisotopic (exact) mass is 354 g/mol. The van der Waals surface area contributed by atoms with E-state index >= 15 is 0 Å². The Morgan fingerprint density at radius 2 is 1.81 bits per heavy atom. The zero-order chi connectivity index (χ0) is 18.8. The predicted molar refractivity (Wildman–Crippen MR) is 91.6 cm³/mol. The van der Waals surface area contributed by atoms with Crippen molar-refractivity contribution in [1.29, 1.82) is 0 Å². The zero-order valence-corrected chi connectivity index (χ0v) is 14.1. The average Bonchev–Trinajstić information content (AvgIpc) is 2.60. The topological polar surface area (TPSA) is 115 Å². The second-order valence-electron chi connectivity index (χ2n) is 7.05. The summed E-state index contributed by atoms with van der Waals surface area (Å²) in [7, 11) is 0. The van der Waals surface area contributed by atoms with Crippen LogP contribution in [0, 0.1) is 0 Å². The molecular formula is C20H18O6. The van der Waals surface area contributed by atoms with Gasteiger partial charge in [0.2, 0.25) is 0 Å². The van der Waals surface area contributed by atoms with Gasteiger partial charge in [0.05, 0.1) is 22.8 Å². The van der Waals surface area contributed by atoms with E-state index in [0.717, 1.165) is 0 Å². The summed E-state index contributed by atoms with van der Waals surface area (Å²) in [5, 5.41) is 41.8. The third-order valence-electron chi connectivity index (χ3n) is 5.52. The lowest BCUT2D eigenvalue weighted by molar-refractivity contribution is -0.0253. The van der Waals surface area contributed by atoms with Crippen molar-refractivity contribution >= 4 is 11.6 Å². The number of aliphatic hydroxyl groups is 2. The lowest BCUT2D eigenvalue weighted by Gasteiger charge is -2.37. The number of carbonyl (C=O) groups excluding carboxylic acids is 2. The van der Waals surface area contributed by atoms with Gasteiger partial charge in [0.25, 0.3) is 0 Å². The van der Waals surface area contributed by atoms with E-state index in [1.807, 2.05) is 0 Å². The molecule has 6 nitrogen and oxygen atoms in total. The highest BCUT2D eigenvalue weighted by molar-refractivity contribution is 6.30. The molecule has 0 fully saturated rings. The van der Waals surface area contributed by atoms with Crippen LogP contribution in [0.3, 0.4) is 0 Å². The first kappa shape index (κ1) is 16.8. The van der Waals surface area contributed by atoms with Crippen LogP contribution in [0.25, 0.3) is 0 Å². The molecule has 0 spiro atoms. The van der Waals surface area contributed by atoms with Crippen molar-refractivity contribution < 1.29 is 30.0 Å². The van der Waals surface area contributed by atoms with E-state index in [1.165, 1.54) is 24.3 Å². The van der Waals surface area contributed by atoms with Crippen LogP contribution in [-0.2, 0) is 6.42 Å². The van der Waals surface area contributed by atoms with Gasteiger partial charge in [-0.25, -0.2) is 0 Å². The molecule has 0 heterocycles. The molecule has 0 amide bonds. The zero-order valence-electron chi connectivity index (χ0n) is 14.1. The molecule has 2 aliphatic rings. The molecule has 134 valence electrons. The maximum Gasteiger partial charge on any atom is 0.198 e. The molecule has 0 saturated heterocycles. The standard InChI is InChI=1S/C20H18O6/c1-2-20(26)7-12-10(14(22)8-20)6-11-16(19(12)25)17(23)9-4-3-5-13(21)15(9)18(11)24/h3-6,14,21-22,25-26H,2,7-8H2,1H3. The molecule has 4 N–H and O–H groups in total. The number of carbonyl (C=O) groups is 2. The molecule has 0 saturated carbocycles. The first-order chi connectivity index (χ1) is 12.3. The molecule has 0 aromatic heterocycles. The molecule has 0 aliphatic heterocycles. The first-order valence-electron chi connectivity index (χ1n) is 8.48. The van der Waals surface area contributed by atoms with Crippen LogP contribution in [0.5, 0.6) is 11.5 Å². The number of phenols is 2. The van der Waals surface area contributed by atoms with Crippen LogP contribution in [-0.4, -0.2) is 37.6 Å². The van der Waals surface area contributed by atoms with Crippen molar-refractivity contribution in [2.75, 3.05) is 0 Å². The number of phenolic OH excluding ortho intramolecular Hbond substituents is 2. The molecule has 0 bridgehead atoms. The van der Waals surface area contributed by atoms with Crippen molar-refractivity contribution in [2.24, 2.45) is 0 Å². The summed E-state index contributed by atoms with van der Waals surface area (Å²) in [6.45, 7) is 1.78. The summed E-state index contributed by atoms with van der Waals surface area (Å²) < 4.78 is 0. The third kappa shape index (κ3) is 2.12. The van der Waals surface area contributed by atoms with E-state index in [4.69, 9.17) is 0 Å². The molecular weight excluding hydrogens is 336 g/mol. The minimum absolute atomic E-state index is 0.0276. The lowest BCUT2D eigenvalue weighted by Crippen LogP contribution is -2.37. The van der Waals surface area contributed by atoms with Gasteiger partial charge in [-0.15, -0.1) is 0 Å². The highest BCUT2D eigenvalue weighted by Crippen LogP contribution is 2.46. The third-order valence-corrected chi connectivity index (χ3v) is 5.52. The van der Waals surface area contributed by atoms with E-state index in [1.54, 1.807) is 6.92 Å². The van der Waals surface area contributed by atoms with Gasteiger partial charge in [-0.2, -0.15) is 0 Å². The number of aromatic hydroxyl groups is 2. The summed E-state index contributed by atoms with van der Waals surface area (Å²) in [4.78, 5) is 25.7. The van der Waals surface area contributed by atoms with Crippen molar-refractivity contribution in [3.05, 3.63) is 57.6 Å². The first-order valence-corrected chi connectivity index (χ1v) is 8.48. The number of hydrogen-bond donors (Lipinski definition) is 4.